The average Bonchev–Trinajstić information content (AvgIpc) is 2.69. The largest absolute Gasteiger partial charge is 0.381 e. The summed E-state index contributed by atoms with van der Waals surface area (Å²) < 4.78 is 5.48. The summed E-state index contributed by atoms with van der Waals surface area (Å²) in [4.78, 5) is 20.0. The van der Waals surface area contributed by atoms with Crippen molar-refractivity contribution in [3.8, 4) is 0 Å². The van der Waals surface area contributed by atoms with Crippen LogP contribution in [0, 0.1) is 5.92 Å². The maximum atomic E-state index is 12.8. The molecule has 3 rings (SSSR count). The van der Waals surface area contributed by atoms with Gasteiger partial charge in [-0.05, 0) is 43.7 Å². The minimum atomic E-state index is -0.0320. The number of hydrogen-bond acceptors (Lipinski definition) is 4. The van der Waals surface area contributed by atoms with Crippen LogP contribution in [-0.2, 0) is 4.74 Å². The topological polar surface area (TPSA) is 54.5 Å². The van der Waals surface area contributed by atoms with Crippen molar-refractivity contribution in [1.82, 2.24) is 10.3 Å². The predicted molar refractivity (Wildman–Crippen MR) is 110 cm³/mol. The molecule has 1 N–H and O–H groups in total. The smallest absolute Gasteiger partial charge is 0.252 e. The number of anilines is 1. The highest BCUT2D eigenvalue weighted by Gasteiger charge is 2.20. The van der Waals surface area contributed by atoms with E-state index < -0.39 is 0 Å². The maximum absolute atomic E-state index is 12.8. The zero-order chi connectivity index (χ0) is 19.1. The number of ether oxygens (including phenoxy) is 1. The van der Waals surface area contributed by atoms with Gasteiger partial charge < -0.3 is 15.0 Å². The number of pyridine rings is 1. The molecule has 0 saturated carbocycles. The lowest BCUT2D eigenvalue weighted by Gasteiger charge is -2.32. The van der Waals surface area contributed by atoms with Crippen LogP contribution in [-0.4, -0.2) is 43.7 Å². The van der Waals surface area contributed by atoms with Gasteiger partial charge in [0.1, 0.15) is 5.82 Å². The number of aromatic nitrogens is 1. The number of benzene rings is 1. The minimum Gasteiger partial charge on any atom is -0.381 e. The third-order valence-corrected chi connectivity index (χ3v) is 5.03. The summed E-state index contributed by atoms with van der Waals surface area (Å²) in [6.45, 7) is 8.46. The van der Waals surface area contributed by atoms with E-state index >= 15 is 0 Å². The Morgan fingerprint density at radius 2 is 2.19 bits per heavy atom. The number of carbonyl (C=O) groups excluding carboxylic acids is 1. The van der Waals surface area contributed by atoms with Gasteiger partial charge in [-0.25, -0.2) is 4.98 Å². The normalized spacial score (nSPS) is 17.3. The van der Waals surface area contributed by atoms with Gasteiger partial charge in [0.25, 0.3) is 5.91 Å². The number of nitrogens with one attached hydrogen (secondary N) is 1. The van der Waals surface area contributed by atoms with Crippen molar-refractivity contribution in [1.29, 1.82) is 0 Å². The molecule has 5 nitrogen and oxygen atoms in total. The Bertz CT molecular complexity index is 762. The summed E-state index contributed by atoms with van der Waals surface area (Å²) in [6, 6.07) is 9.86. The number of rotatable bonds is 8. The van der Waals surface area contributed by atoms with Crippen LogP contribution in [0.15, 0.2) is 30.3 Å². The fraction of sp³-hybridized carbons (Fsp3) is 0.545. The lowest BCUT2D eigenvalue weighted by molar-refractivity contribution is 0.0943. The monoisotopic (exact) mass is 369 g/mol. The van der Waals surface area contributed by atoms with Crippen LogP contribution in [0.2, 0.25) is 0 Å². The van der Waals surface area contributed by atoms with Crippen LogP contribution in [0.3, 0.4) is 0 Å². The van der Waals surface area contributed by atoms with E-state index in [1.54, 1.807) is 0 Å². The van der Waals surface area contributed by atoms with Crippen molar-refractivity contribution in [3.63, 3.8) is 0 Å². The Balaban J connectivity index is 1.75. The van der Waals surface area contributed by atoms with Gasteiger partial charge in [0.2, 0.25) is 0 Å². The van der Waals surface area contributed by atoms with Gasteiger partial charge in [-0.1, -0.05) is 32.0 Å². The van der Waals surface area contributed by atoms with Gasteiger partial charge in [0, 0.05) is 38.2 Å². The molecule has 0 spiro atoms. The fourth-order valence-corrected chi connectivity index (χ4v) is 3.63. The van der Waals surface area contributed by atoms with E-state index in [2.05, 4.69) is 24.1 Å². The molecule has 1 aliphatic heterocycles. The molecule has 0 radical (unpaired) electrons. The molecule has 5 heteroatoms. The van der Waals surface area contributed by atoms with Gasteiger partial charge in [-0.15, -0.1) is 0 Å². The first-order valence-electron chi connectivity index (χ1n) is 10.2. The lowest BCUT2D eigenvalue weighted by Crippen LogP contribution is -2.35. The predicted octanol–water partition coefficient (Wildman–Crippen LogP) is 4.02. The molecule has 1 fully saturated rings. The molecule has 146 valence electrons. The standard InChI is InChI=1S/C22H31N3O2/c1-3-13-27-14-7-11-23-22(26)19-15-21(25-12-6-8-17(2)16-25)24-20-10-5-4-9-18(19)20/h4-5,9-10,15,17H,3,6-8,11-14,16H2,1-2H3,(H,23,26). The quantitative estimate of drug-likeness (QED) is 0.714. The summed E-state index contributed by atoms with van der Waals surface area (Å²) in [6.07, 6.45) is 4.28. The molecule has 2 heterocycles. The average molecular weight is 370 g/mol. The molecule has 1 aromatic heterocycles. The Morgan fingerprint density at radius 1 is 1.33 bits per heavy atom. The maximum Gasteiger partial charge on any atom is 0.252 e. The molecule has 0 aliphatic carbocycles. The molecule has 0 bridgehead atoms. The van der Waals surface area contributed by atoms with Crippen molar-refractivity contribution >= 4 is 22.6 Å². The van der Waals surface area contributed by atoms with Crippen LogP contribution in [0.1, 0.15) is 49.9 Å². The number of hydrogen-bond donors (Lipinski definition) is 1. The zero-order valence-electron chi connectivity index (χ0n) is 16.5. The van der Waals surface area contributed by atoms with Gasteiger partial charge >= 0.3 is 0 Å². The fourth-order valence-electron chi connectivity index (χ4n) is 3.63. The van der Waals surface area contributed by atoms with Crippen molar-refractivity contribution in [2.45, 2.75) is 39.5 Å². The van der Waals surface area contributed by atoms with E-state index in [0.29, 0.717) is 24.6 Å². The Kier molecular flexibility index (Phi) is 7.04. The van der Waals surface area contributed by atoms with E-state index in [0.717, 1.165) is 49.3 Å². The van der Waals surface area contributed by atoms with E-state index in [4.69, 9.17) is 9.72 Å². The van der Waals surface area contributed by atoms with Crippen LogP contribution in [0.5, 0.6) is 0 Å². The van der Waals surface area contributed by atoms with Crippen LogP contribution in [0.25, 0.3) is 10.9 Å². The molecule has 1 aliphatic rings. The molecule has 2 aromatic rings. The van der Waals surface area contributed by atoms with Crippen LogP contribution < -0.4 is 10.2 Å². The molecule has 27 heavy (non-hydrogen) atoms. The van der Waals surface area contributed by atoms with Gasteiger partial charge in [-0.2, -0.15) is 0 Å². The minimum absolute atomic E-state index is 0.0320. The van der Waals surface area contributed by atoms with Gasteiger partial charge in [0.05, 0.1) is 11.1 Å². The van der Waals surface area contributed by atoms with E-state index in [-0.39, 0.29) is 5.91 Å². The van der Waals surface area contributed by atoms with Crippen molar-refractivity contribution in [2.24, 2.45) is 5.92 Å². The second kappa shape index (κ2) is 9.70. The summed E-state index contributed by atoms with van der Waals surface area (Å²) >= 11 is 0. The third kappa shape index (κ3) is 5.19. The van der Waals surface area contributed by atoms with Crippen molar-refractivity contribution in [3.05, 3.63) is 35.9 Å². The number of fused-ring (bicyclic) bond motifs is 1. The summed E-state index contributed by atoms with van der Waals surface area (Å²) in [7, 11) is 0. The van der Waals surface area contributed by atoms with Crippen molar-refractivity contribution < 1.29 is 9.53 Å². The number of piperidine rings is 1. The third-order valence-electron chi connectivity index (χ3n) is 5.03. The molecule has 1 aromatic carbocycles. The number of carbonyl (C=O) groups is 1. The first-order valence-corrected chi connectivity index (χ1v) is 10.2. The SMILES string of the molecule is CCCOCCCNC(=O)c1cc(N2CCCC(C)C2)nc2ccccc12. The number of nitrogens with zero attached hydrogens (tertiary/aromatic N) is 2. The van der Waals surface area contributed by atoms with E-state index in [1.807, 2.05) is 30.3 Å². The highest BCUT2D eigenvalue weighted by Crippen LogP contribution is 2.26. The lowest BCUT2D eigenvalue weighted by atomic mass is 10.00. The first-order chi connectivity index (χ1) is 13.2. The molecule has 1 atom stereocenters. The molecule has 1 unspecified atom stereocenters. The van der Waals surface area contributed by atoms with Crippen LogP contribution >= 0.6 is 0 Å². The Hall–Kier alpha value is -2.14. The van der Waals surface area contributed by atoms with Gasteiger partial charge in [-0.3, -0.25) is 4.79 Å². The van der Waals surface area contributed by atoms with Crippen LogP contribution in [0.4, 0.5) is 5.82 Å². The highest BCUT2D eigenvalue weighted by molar-refractivity contribution is 6.07. The van der Waals surface area contributed by atoms with E-state index in [9.17, 15) is 4.79 Å². The summed E-state index contributed by atoms with van der Waals surface area (Å²) in [5.74, 6) is 1.54. The second-order valence-corrected chi connectivity index (χ2v) is 7.46. The summed E-state index contributed by atoms with van der Waals surface area (Å²) in [5, 5.41) is 3.95. The first kappa shape index (κ1) is 19.6. The number of para-hydroxylation sites is 1. The zero-order valence-corrected chi connectivity index (χ0v) is 16.5. The number of amides is 1. The Labute approximate surface area is 162 Å². The second-order valence-electron chi connectivity index (χ2n) is 7.46. The van der Waals surface area contributed by atoms with Gasteiger partial charge in [0.15, 0.2) is 0 Å². The Morgan fingerprint density at radius 3 is 3.00 bits per heavy atom. The highest BCUT2D eigenvalue weighted by atomic mass is 16.5. The molecular formula is C22H31N3O2. The molecule has 1 amide bonds. The molecular weight excluding hydrogens is 338 g/mol. The molecule has 1 saturated heterocycles. The van der Waals surface area contributed by atoms with Crippen molar-refractivity contribution in [2.75, 3.05) is 37.7 Å². The van der Waals surface area contributed by atoms with E-state index in [1.165, 1.54) is 12.8 Å². The summed E-state index contributed by atoms with van der Waals surface area (Å²) in [5.41, 5.74) is 1.59.